The lowest BCUT2D eigenvalue weighted by Crippen LogP contribution is -2.56. The molecule has 2 heterocycles. The number of methoxy groups -OCH3 is 1. The third kappa shape index (κ3) is 2.41. The monoisotopic (exact) mass is 211 g/mol. The minimum absolute atomic E-state index is 0.357. The number of halogens is 1. The van der Waals surface area contributed by atoms with Gasteiger partial charge in [-0.3, -0.25) is 4.90 Å². The third-order valence-corrected chi connectivity index (χ3v) is 2.37. The summed E-state index contributed by atoms with van der Waals surface area (Å²) in [6.45, 7) is 3.21. The molecule has 1 aromatic heterocycles. The van der Waals surface area contributed by atoms with Gasteiger partial charge in [0.05, 0.1) is 12.8 Å². The highest BCUT2D eigenvalue weighted by Gasteiger charge is 2.38. The maximum absolute atomic E-state index is 13.2. The molecule has 82 valence electrons. The molecule has 0 N–H and O–H groups in total. The summed E-state index contributed by atoms with van der Waals surface area (Å²) in [4.78, 5) is 10.1. The Balaban J connectivity index is 1.94. The van der Waals surface area contributed by atoms with Crippen molar-refractivity contribution in [2.75, 3.05) is 20.2 Å². The van der Waals surface area contributed by atoms with Gasteiger partial charge in [-0.1, -0.05) is 0 Å². The van der Waals surface area contributed by atoms with Gasteiger partial charge in [0, 0.05) is 25.8 Å². The van der Waals surface area contributed by atoms with Gasteiger partial charge in [-0.15, -0.1) is 0 Å². The van der Waals surface area contributed by atoms with E-state index in [2.05, 4.69) is 9.97 Å². The highest BCUT2D eigenvalue weighted by Crippen LogP contribution is 2.25. The van der Waals surface area contributed by atoms with Gasteiger partial charge in [0.2, 0.25) is 0 Å². The van der Waals surface area contributed by atoms with Gasteiger partial charge in [-0.05, 0) is 13.0 Å². The Labute approximate surface area is 88.1 Å². The Morgan fingerprint density at radius 3 is 2.93 bits per heavy atom. The predicted molar refractivity (Wildman–Crippen MR) is 53.4 cm³/mol. The van der Waals surface area contributed by atoms with Gasteiger partial charge in [0.1, 0.15) is 5.67 Å². The van der Waals surface area contributed by atoms with Gasteiger partial charge in [0.25, 0.3) is 0 Å². The first-order chi connectivity index (χ1) is 7.09. The molecule has 1 aliphatic rings. The number of rotatable bonds is 3. The minimum Gasteiger partial charge on any atom is -0.467 e. The normalized spacial score (nSPS) is 19.7. The second-order valence-corrected chi connectivity index (χ2v) is 4.09. The van der Waals surface area contributed by atoms with Crippen LogP contribution in [0.1, 0.15) is 12.6 Å². The average Bonchev–Trinajstić information content (AvgIpc) is 2.15. The van der Waals surface area contributed by atoms with E-state index in [1.54, 1.807) is 13.1 Å². The molecule has 0 radical (unpaired) electrons. The van der Waals surface area contributed by atoms with Crippen molar-refractivity contribution in [2.24, 2.45) is 0 Å². The lowest BCUT2D eigenvalue weighted by atomic mass is 9.99. The molecular formula is C10H14FN3O. The van der Waals surface area contributed by atoms with Crippen molar-refractivity contribution < 1.29 is 9.13 Å². The van der Waals surface area contributed by atoms with Crippen LogP contribution >= 0.6 is 0 Å². The van der Waals surface area contributed by atoms with Gasteiger partial charge < -0.3 is 4.74 Å². The highest BCUT2D eigenvalue weighted by atomic mass is 19.1. The molecule has 1 fully saturated rings. The van der Waals surface area contributed by atoms with Crippen LogP contribution in [0, 0.1) is 0 Å². The SMILES string of the molecule is COc1nccc(CN2CC(C)(F)C2)n1. The van der Waals surface area contributed by atoms with Gasteiger partial charge in [-0.25, -0.2) is 9.37 Å². The van der Waals surface area contributed by atoms with Crippen LogP contribution in [0.5, 0.6) is 6.01 Å². The number of likely N-dealkylation sites (tertiary alicyclic amines) is 1. The van der Waals surface area contributed by atoms with Crippen molar-refractivity contribution in [1.82, 2.24) is 14.9 Å². The van der Waals surface area contributed by atoms with Crippen LogP contribution in [0.25, 0.3) is 0 Å². The van der Waals surface area contributed by atoms with E-state index in [1.807, 2.05) is 11.0 Å². The van der Waals surface area contributed by atoms with Crippen LogP contribution in [-0.4, -0.2) is 40.7 Å². The molecule has 15 heavy (non-hydrogen) atoms. The van der Waals surface area contributed by atoms with E-state index < -0.39 is 5.67 Å². The lowest BCUT2D eigenvalue weighted by Gasteiger charge is -2.41. The first-order valence-corrected chi connectivity index (χ1v) is 4.86. The van der Waals surface area contributed by atoms with Crippen molar-refractivity contribution in [1.29, 1.82) is 0 Å². The van der Waals surface area contributed by atoms with Crippen molar-refractivity contribution in [3.63, 3.8) is 0 Å². The van der Waals surface area contributed by atoms with Crippen molar-refractivity contribution in [2.45, 2.75) is 19.1 Å². The highest BCUT2D eigenvalue weighted by molar-refractivity contribution is 5.07. The Morgan fingerprint density at radius 2 is 2.33 bits per heavy atom. The zero-order chi connectivity index (χ0) is 10.9. The molecule has 4 nitrogen and oxygen atoms in total. The fraction of sp³-hybridized carbons (Fsp3) is 0.600. The maximum Gasteiger partial charge on any atom is 0.316 e. The third-order valence-electron chi connectivity index (χ3n) is 2.37. The summed E-state index contributed by atoms with van der Waals surface area (Å²) in [5.74, 6) is 0. The van der Waals surface area contributed by atoms with E-state index in [1.165, 1.54) is 7.11 Å². The Morgan fingerprint density at radius 1 is 1.60 bits per heavy atom. The molecule has 0 aliphatic carbocycles. The summed E-state index contributed by atoms with van der Waals surface area (Å²) in [6, 6.07) is 2.17. The molecule has 1 aliphatic heterocycles. The summed E-state index contributed by atoms with van der Waals surface area (Å²) >= 11 is 0. The number of hydrogen-bond donors (Lipinski definition) is 0. The van der Waals surface area contributed by atoms with Crippen LogP contribution in [-0.2, 0) is 6.54 Å². The molecule has 0 unspecified atom stereocenters. The fourth-order valence-corrected chi connectivity index (χ4v) is 1.79. The summed E-state index contributed by atoms with van der Waals surface area (Å²) in [5.41, 5.74) is -0.172. The lowest BCUT2D eigenvalue weighted by molar-refractivity contribution is -0.0233. The number of ether oxygens (including phenoxy) is 1. The van der Waals surface area contributed by atoms with E-state index >= 15 is 0 Å². The smallest absolute Gasteiger partial charge is 0.316 e. The Hall–Kier alpha value is -1.23. The van der Waals surface area contributed by atoms with E-state index in [0.717, 1.165) is 5.69 Å². The van der Waals surface area contributed by atoms with E-state index in [4.69, 9.17) is 4.74 Å². The standard InChI is InChI=1S/C10H14FN3O/c1-10(11)6-14(7-10)5-8-3-4-12-9(13-8)15-2/h3-4H,5-7H2,1-2H3. The number of aromatic nitrogens is 2. The zero-order valence-electron chi connectivity index (χ0n) is 8.90. The molecular weight excluding hydrogens is 197 g/mol. The summed E-state index contributed by atoms with van der Waals surface area (Å²) < 4.78 is 18.1. The fourth-order valence-electron chi connectivity index (χ4n) is 1.79. The van der Waals surface area contributed by atoms with E-state index in [0.29, 0.717) is 25.6 Å². The van der Waals surface area contributed by atoms with Crippen molar-refractivity contribution in [3.05, 3.63) is 18.0 Å². The maximum atomic E-state index is 13.2. The molecule has 0 amide bonds. The molecule has 0 aromatic carbocycles. The second kappa shape index (κ2) is 3.73. The molecule has 0 spiro atoms. The molecule has 5 heteroatoms. The largest absolute Gasteiger partial charge is 0.467 e. The van der Waals surface area contributed by atoms with Crippen LogP contribution in [0.15, 0.2) is 12.3 Å². The Kier molecular flexibility index (Phi) is 2.56. The minimum atomic E-state index is -1.03. The zero-order valence-corrected chi connectivity index (χ0v) is 8.90. The second-order valence-electron chi connectivity index (χ2n) is 4.09. The Bertz CT molecular complexity index is 348. The number of alkyl halides is 1. The van der Waals surface area contributed by atoms with Crippen molar-refractivity contribution in [3.8, 4) is 6.01 Å². The predicted octanol–water partition coefficient (Wildman–Crippen LogP) is 1.03. The molecule has 2 rings (SSSR count). The van der Waals surface area contributed by atoms with Crippen LogP contribution < -0.4 is 4.74 Å². The first kappa shape index (κ1) is 10.3. The summed E-state index contributed by atoms with van der Waals surface area (Å²) in [6.07, 6.45) is 1.65. The summed E-state index contributed by atoms with van der Waals surface area (Å²) in [7, 11) is 1.53. The summed E-state index contributed by atoms with van der Waals surface area (Å²) in [5, 5.41) is 0. The topological polar surface area (TPSA) is 38.2 Å². The van der Waals surface area contributed by atoms with Gasteiger partial charge in [0.15, 0.2) is 0 Å². The van der Waals surface area contributed by atoms with Gasteiger partial charge in [-0.2, -0.15) is 4.98 Å². The molecule has 1 saturated heterocycles. The molecule has 0 saturated carbocycles. The van der Waals surface area contributed by atoms with Gasteiger partial charge >= 0.3 is 6.01 Å². The quantitative estimate of drug-likeness (QED) is 0.748. The molecule has 0 bridgehead atoms. The average molecular weight is 211 g/mol. The van der Waals surface area contributed by atoms with Crippen LogP contribution in [0.4, 0.5) is 4.39 Å². The van der Waals surface area contributed by atoms with E-state index in [9.17, 15) is 4.39 Å². The van der Waals surface area contributed by atoms with E-state index in [-0.39, 0.29) is 0 Å². The molecule has 0 atom stereocenters. The first-order valence-electron chi connectivity index (χ1n) is 4.86. The number of nitrogens with zero attached hydrogens (tertiary/aromatic N) is 3. The molecule has 1 aromatic rings. The van der Waals surface area contributed by atoms with Crippen molar-refractivity contribution >= 4 is 0 Å². The van der Waals surface area contributed by atoms with Crippen LogP contribution in [0.3, 0.4) is 0 Å². The number of hydrogen-bond acceptors (Lipinski definition) is 4. The van der Waals surface area contributed by atoms with Crippen LogP contribution in [0.2, 0.25) is 0 Å².